The molecule has 102 valence electrons. The maximum absolute atomic E-state index is 5.86. The Bertz CT molecular complexity index is 736. The molecule has 3 rings (SSSR count). The minimum atomic E-state index is 0.570. The second kappa shape index (κ2) is 5.61. The van der Waals surface area contributed by atoms with Gasteiger partial charge in [-0.15, -0.1) is 11.3 Å². The van der Waals surface area contributed by atoms with Crippen LogP contribution in [0.25, 0.3) is 10.9 Å². The van der Waals surface area contributed by atoms with Gasteiger partial charge in [0.2, 0.25) is 0 Å². The smallest absolute Gasteiger partial charge is 0.122 e. The normalized spacial score (nSPS) is 10.9. The van der Waals surface area contributed by atoms with Gasteiger partial charge in [0.1, 0.15) is 12.4 Å². The molecule has 0 aliphatic rings. The summed E-state index contributed by atoms with van der Waals surface area (Å²) in [7, 11) is 0. The summed E-state index contributed by atoms with van der Waals surface area (Å²) in [6.45, 7) is 3.26. The molecule has 0 aliphatic heterocycles. The molecule has 2 heterocycles. The molecule has 2 aromatic heterocycles. The maximum atomic E-state index is 5.86. The van der Waals surface area contributed by atoms with Crippen LogP contribution in [0, 0.1) is 6.92 Å². The van der Waals surface area contributed by atoms with Crippen LogP contribution >= 0.6 is 11.3 Å². The lowest BCUT2D eigenvalue weighted by atomic mass is 10.2. The maximum Gasteiger partial charge on any atom is 0.122 e. The molecule has 0 amide bonds. The van der Waals surface area contributed by atoms with Crippen LogP contribution in [0.1, 0.15) is 15.3 Å². The first kappa shape index (κ1) is 13.1. The van der Waals surface area contributed by atoms with Crippen molar-refractivity contribution in [2.45, 2.75) is 20.1 Å². The van der Waals surface area contributed by atoms with Crippen LogP contribution < -0.4 is 10.5 Å². The van der Waals surface area contributed by atoms with Gasteiger partial charge < -0.3 is 10.5 Å². The zero-order valence-electron chi connectivity index (χ0n) is 11.3. The van der Waals surface area contributed by atoms with Crippen molar-refractivity contribution in [3.63, 3.8) is 0 Å². The van der Waals surface area contributed by atoms with Crippen molar-refractivity contribution < 1.29 is 4.74 Å². The molecule has 20 heavy (non-hydrogen) atoms. The number of pyridine rings is 1. The van der Waals surface area contributed by atoms with E-state index < -0.39 is 0 Å². The van der Waals surface area contributed by atoms with Gasteiger partial charge in [-0.25, -0.2) is 0 Å². The monoisotopic (exact) mass is 284 g/mol. The molecule has 0 bridgehead atoms. The van der Waals surface area contributed by atoms with E-state index in [-0.39, 0.29) is 0 Å². The number of hydrogen-bond donors (Lipinski definition) is 1. The minimum absolute atomic E-state index is 0.570. The van der Waals surface area contributed by atoms with Gasteiger partial charge in [0, 0.05) is 39.5 Å². The average Bonchev–Trinajstić information content (AvgIpc) is 2.85. The zero-order valence-corrected chi connectivity index (χ0v) is 12.1. The predicted molar refractivity (Wildman–Crippen MR) is 83.0 cm³/mol. The van der Waals surface area contributed by atoms with Crippen LogP contribution in [-0.4, -0.2) is 4.98 Å². The number of hydrogen-bond acceptors (Lipinski definition) is 4. The van der Waals surface area contributed by atoms with Gasteiger partial charge in [0.05, 0.1) is 5.52 Å². The summed E-state index contributed by atoms with van der Waals surface area (Å²) < 4.78 is 5.86. The lowest BCUT2D eigenvalue weighted by Gasteiger charge is -2.06. The number of aromatic nitrogens is 1. The summed E-state index contributed by atoms with van der Waals surface area (Å²) in [5.41, 5.74) is 7.82. The SMILES string of the molecule is Cc1sc(CN)cc1COc1ccc2cccnc2c1. The fourth-order valence-corrected chi connectivity index (χ4v) is 3.06. The largest absolute Gasteiger partial charge is 0.489 e. The predicted octanol–water partition coefficient (Wildman–Crippen LogP) is 3.64. The highest BCUT2D eigenvalue weighted by atomic mass is 32.1. The van der Waals surface area contributed by atoms with E-state index in [2.05, 4.69) is 18.0 Å². The quantitative estimate of drug-likeness (QED) is 0.795. The van der Waals surface area contributed by atoms with Crippen LogP contribution in [-0.2, 0) is 13.2 Å². The van der Waals surface area contributed by atoms with E-state index in [0.717, 1.165) is 16.7 Å². The summed E-state index contributed by atoms with van der Waals surface area (Å²) in [4.78, 5) is 6.80. The number of nitrogens with two attached hydrogens (primary N) is 1. The highest BCUT2D eigenvalue weighted by Gasteiger charge is 2.06. The Kier molecular flexibility index (Phi) is 3.67. The fourth-order valence-electron chi connectivity index (χ4n) is 2.13. The summed E-state index contributed by atoms with van der Waals surface area (Å²) in [5, 5.41) is 1.12. The fraction of sp³-hybridized carbons (Fsp3) is 0.188. The van der Waals surface area contributed by atoms with Crippen molar-refractivity contribution in [1.29, 1.82) is 0 Å². The van der Waals surface area contributed by atoms with Crippen LogP contribution in [0.2, 0.25) is 0 Å². The summed E-state index contributed by atoms with van der Waals surface area (Å²) >= 11 is 1.73. The molecule has 0 atom stereocenters. The molecule has 0 aliphatic carbocycles. The van der Waals surface area contributed by atoms with E-state index in [1.807, 2.05) is 30.3 Å². The molecule has 3 aromatic rings. The van der Waals surface area contributed by atoms with Crippen molar-refractivity contribution in [1.82, 2.24) is 4.98 Å². The highest BCUT2D eigenvalue weighted by Crippen LogP contribution is 2.24. The molecule has 3 nitrogen and oxygen atoms in total. The van der Waals surface area contributed by atoms with E-state index in [9.17, 15) is 0 Å². The van der Waals surface area contributed by atoms with E-state index in [1.54, 1.807) is 17.5 Å². The van der Waals surface area contributed by atoms with E-state index >= 15 is 0 Å². The average molecular weight is 284 g/mol. The third kappa shape index (κ3) is 2.66. The van der Waals surface area contributed by atoms with Crippen molar-refractivity contribution in [3.8, 4) is 5.75 Å². The molecule has 0 saturated carbocycles. The third-order valence-electron chi connectivity index (χ3n) is 3.24. The summed E-state index contributed by atoms with van der Waals surface area (Å²) in [6.07, 6.45) is 1.79. The standard InChI is InChI=1S/C16H16N2OS/c1-11-13(7-15(9-17)20-11)10-19-14-5-4-12-3-2-6-18-16(12)8-14/h2-8H,9-10,17H2,1H3. The number of benzene rings is 1. The second-order valence-corrected chi connectivity index (χ2v) is 5.99. The Morgan fingerprint density at radius 2 is 2.15 bits per heavy atom. The Balaban J connectivity index is 1.77. The van der Waals surface area contributed by atoms with Gasteiger partial charge >= 0.3 is 0 Å². The van der Waals surface area contributed by atoms with Crippen LogP contribution in [0.3, 0.4) is 0 Å². The first-order chi connectivity index (χ1) is 9.76. The summed E-state index contributed by atoms with van der Waals surface area (Å²) in [5.74, 6) is 0.844. The lowest BCUT2D eigenvalue weighted by molar-refractivity contribution is 0.306. The van der Waals surface area contributed by atoms with Gasteiger partial charge in [-0.3, -0.25) is 4.98 Å². The van der Waals surface area contributed by atoms with Crippen molar-refractivity contribution in [2.24, 2.45) is 5.73 Å². The number of thiophene rings is 1. The number of fused-ring (bicyclic) bond motifs is 1. The van der Waals surface area contributed by atoms with Crippen LogP contribution in [0.15, 0.2) is 42.6 Å². The molecule has 0 unspecified atom stereocenters. The molecular formula is C16H16N2OS. The highest BCUT2D eigenvalue weighted by molar-refractivity contribution is 7.12. The molecular weight excluding hydrogens is 268 g/mol. The lowest BCUT2D eigenvalue weighted by Crippen LogP contribution is -1.96. The molecule has 4 heteroatoms. The van der Waals surface area contributed by atoms with Gasteiger partial charge in [0.15, 0.2) is 0 Å². The van der Waals surface area contributed by atoms with Gasteiger partial charge in [-0.2, -0.15) is 0 Å². The van der Waals surface area contributed by atoms with Gasteiger partial charge in [-0.05, 0) is 31.2 Å². The molecule has 0 spiro atoms. The minimum Gasteiger partial charge on any atom is -0.489 e. The molecule has 1 aromatic carbocycles. The molecule has 0 radical (unpaired) electrons. The molecule has 0 fully saturated rings. The topological polar surface area (TPSA) is 48.1 Å². The van der Waals surface area contributed by atoms with E-state index in [4.69, 9.17) is 10.5 Å². The molecule has 0 saturated heterocycles. The number of nitrogens with zero attached hydrogens (tertiary/aromatic N) is 1. The van der Waals surface area contributed by atoms with E-state index in [1.165, 1.54) is 15.3 Å². The Morgan fingerprint density at radius 3 is 2.95 bits per heavy atom. The first-order valence-corrected chi connectivity index (χ1v) is 7.34. The Hall–Kier alpha value is -1.91. The van der Waals surface area contributed by atoms with Crippen molar-refractivity contribution >= 4 is 22.2 Å². The van der Waals surface area contributed by atoms with Crippen molar-refractivity contribution in [2.75, 3.05) is 0 Å². The second-order valence-electron chi connectivity index (χ2n) is 4.64. The summed E-state index contributed by atoms with van der Waals surface area (Å²) in [6, 6.07) is 12.1. The first-order valence-electron chi connectivity index (χ1n) is 6.52. The molecule has 2 N–H and O–H groups in total. The van der Waals surface area contributed by atoms with Crippen molar-refractivity contribution in [3.05, 3.63) is 57.9 Å². The number of rotatable bonds is 4. The Labute approximate surface area is 122 Å². The number of aryl methyl sites for hydroxylation is 1. The van der Waals surface area contributed by atoms with Gasteiger partial charge in [0.25, 0.3) is 0 Å². The van der Waals surface area contributed by atoms with Crippen LogP contribution in [0.4, 0.5) is 0 Å². The number of ether oxygens (including phenoxy) is 1. The van der Waals surface area contributed by atoms with Crippen LogP contribution in [0.5, 0.6) is 5.75 Å². The zero-order chi connectivity index (χ0) is 13.9. The Morgan fingerprint density at radius 1 is 1.25 bits per heavy atom. The van der Waals surface area contributed by atoms with Gasteiger partial charge in [-0.1, -0.05) is 6.07 Å². The third-order valence-corrected chi connectivity index (χ3v) is 4.36. The van der Waals surface area contributed by atoms with E-state index in [0.29, 0.717) is 13.2 Å².